The van der Waals surface area contributed by atoms with Crippen LogP contribution >= 0.6 is 0 Å². The van der Waals surface area contributed by atoms with Crippen LogP contribution in [0.15, 0.2) is 16.5 Å². The molecular formula is C16H28N2O. The van der Waals surface area contributed by atoms with Crippen LogP contribution in [0.1, 0.15) is 50.2 Å². The summed E-state index contributed by atoms with van der Waals surface area (Å²) < 4.78 is 5.92. The van der Waals surface area contributed by atoms with Crippen LogP contribution in [0.5, 0.6) is 0 Å². The molecule has 2 atom stereocenters. The van der Waals surface area contributed by atoms with Crippen LogP contribution < -0.4 is 5.32 Å². The van der Waals surface area contributed by atoms with E-state index in [4.69, 9.17) is 4.42 Å². The Morgan fingerprint density at radius 1 is 1.37 bits per heavy atom. The highest BCUT2D eigenvalue weighted by atomic mass is 16.3. The molecule has 3 nitrogen and oxygen atoms in total. The van der Waals surface area contributed by atoms with Gasteiger partial charge in [-0.3, -0.25) is 4.90 Å². The first-order valence-corrected chi connectivity index (χ1v) is 7.69. The van der Waals surface area contributed by atoms with Gasteiger partial charge in [-0.2, -0.15) is 0 Å². The maximum atomic E-state index is 5.92. The molecule has 19 heavy (non-hydrogen) atoms. The Morgan fingerprint density at radius 3 is 2.89 bits per heavy atom. The lowest BCUT2D eigenvalue weighted by Gasteiger charge is -2.31. The van der Waals surface area contributed by atoms with Crippen LogP contribution in [-0.4, -0.2) is 31.6 Å². The van der Waals surface area contributed by atoms with Gasteiger partial charge in [-0.05, 0) is 70.9 Å². The molecular weight excluding hydrogens is 236 g/mol. The Bertz CT molecular complexity index is 375. The Labute approximate surface area is 117 Å². The van der Waals surface area contributed by atoms with E-state index in [0.29, 0.717) is 12.0 Å². The largest absolute Gasteiger partial charge is 0.465 e. The molecule has 0 amide bonds. The van der Waals surface area contributed by atoms with Crippen molar-refractivity contribution in [1.82, 2.24) is 10.2 Å². The van der Waals surface area contributed by atoms with E-state index < -0.39 is 0 Å². The Morgan fingerprint density at radius 2 is 2.21 bits per heavy atom. The second-order valence-corrected chi connectivity index (χ2v) is 5.83. The molecule has 0 aromatic carbocycles. The molecule has 0 bridgehead atoms. The van der Waals surface area contributed by atoms with Crippen molar-refractivity contribution in [3.8, 4) is 0 Å². The lowest BCUT2D eigenvalue weighted by Crippen LogP contribution is -2.35. The van der Waals surface area contributed by atoms with Gasteiger partial charge < -0.3 is 9.73 Å². The van der Waals surface area contributed by atoms with Gasteiger partial charge in [0, 0.05) is 0 Å². The van der Waals surface area contributed by atoms with Crippen molar-refractivity contribution in [2.45, 2.75) is 45.6 Å². The Hall–Kier alpha value is -0.800. The molecule has 0 aliphatic carbocycles. The first-order chi connectivity index (χ1) is 9.22. The topological polar surface area (TPSA) is 28.4 Å². The fourth-order valence-electron chi connectivity index (χ4n) is 3.16. The molecule has 1 aliphatic heterocycles. The number of hydrogen-bond acceptors (Lipinski definition) is 3. The predicted octanol–water partition coefficient (Wildman–Crippen LogP) is 3.36. The summed E-state index contributed by atoms with van der Waals surface area (Å²) in [7, 11) is 2.24. The highest BCUT2D eigenvalue weighted by Gasteiger charge is 2.30. The van der Waals surface area contributed by atoms with E-state index in [-0.39, 0.29) is 0 Å². The van der Waals surface area contributed by atoms with E-state index in [0.717, 1.165) is 24.6 Å². The van der Waals surface area contributed by atoms with E-state index in [1.165, 1.54) is 32.2 Å². The maximum Gasteiger partial charge on any atom is 0.121 e. The van der Waals surface area contributed by atoms with Gasteiger partial charge in [0.2, 0.25) is 0 Å². The summed E-state index contributed by atoms with van der Waals surface area (Å²) in [6, 6.07) is 4.68. The van der Waals surface area contributed by atoms with Crippen LogP contribution in [0.3, 0.4) is 0 Å². The minimum atomic E-state index is 0.431. The molecule has 108 valence electrons. The van der Waals surface area contributed by atoms with Crippen molar-refractivity contribution in [3.05, 3.63) is 23.7 Å². The zero-order chi connectivity index (χ0) is 13.7. The van der Waals surface area contributed by atoms with Crippen LogP contribution in [0, 0.1) is 12.8 Å². The lowest BCUT2D eigenvalue weighted by atomic mass is 9.93. The number of furan rings is 1. The van der Waals surface area contributed by atoms with Crippen LogP contribution in [0.4, 0.5) is 0 Å². The fourth-order valence-corrected chi connectivity index (χ4v) is 3.16. The van der Waals surface area contributed by atoms with Gasteiger partial charge in [0.25, 0.3) is 0 Å². The second-order valence-electron chi connectivity index (χ2n) is 5.83. The third-order valence-corrected chi connectivity index (χ3v) is 4.14. The van der Waals surface area contributed by atoms with E-state index >= 15 is 0 Å². The van der Waals surface area contributed by atoms with Gasteiger partial charge in [0.15, 0.2) is 0 Å². The van der Waals surface area contributed by atoms with Crippen LogP contribution in [-0.2, 0) is 0 Å². The van der Waals surface area contributed by atoms with E-state index in [2.05, 4.69) is 36.3 Å². The van der Waals surface area contributed by atoms with Gasteiger partial charge in [0.1, 0.15) is 11.5 Å². The minimum Gasteiger partial charge on any atom is -0.465 e. The second kappa shape index (κ2) is 7.11. The number of rotatable bonds is 5. The van der Waals surface area contributed by atoms with Crippen molar-refractivity contribution in [2.75, 3.05) is 26.7 Å². The number of nitrogens with zero attached hydrogens (tertiary/aromatic N) is 1. The van der Waals surface area contributed by atoms with Crippen molar-refractivity contribution in [1.29, 1.82) is 0 Å². The molecule has 1 aromatic heterocycles. The summed E-state index contributed by atoms with van der Waals surface area (Å²) >= 11 is 0. The number of hydrogen-bond donors (Lipinski definition) is 1. The number of likely N-dealkylation sites (tertiary alicyclic amines) is 1. The van der Waals surface area contributed by atoms with Gasteiger partial charge in [-0.25, -0.2) is 0 Å². The molecule has 2 unspecified atom stereocenters. The van der Waals surface area contributed by atoms with Gasteiger partial charge in [-0.1, -0.05) is 13.3 Å². The molecule has 1 fully saturated rings. The summed E-state index contributed by atoms with van der Waals surface area (Å²) in [6.45, 7) is 7.64. The summed E-state index contributed by atoms with van der Waals surface area (Å²) in [5.74, 6) is 2.82. The van der Waals surface area contributed by atoms with Crippen LogP contribution in [0.2, 0.25) is 0 Å². The zero-order valence-corrected chi connectivity index (χ0v) is 12.6. The van der Waals surface area contributed by atoms with Gasteiger partial charge in [0.05, 0.1) is 6.04 Å². The molecule has 1 saturated heterocycles. The Balaban J connectivity index is 2.11. The first-order valence-electron chi connectivity index (χ1n) is 7.69. The van der Waals surface area contributed by atoms with Crippen molar-refractivity contribution >= 4 is 0 Å². The van der Waals surface area contributed by atoms with Gasteiger partial charge >= 0.3 is 0 Å². The molecule has 1 N–H and O–H groups in total. The standard InChI is InChI=1S/C16H28N2O/c1-4-10-17-12-14-7-5-6-11-18(3)16(14)15-9-8-13(2)19-15/h8-9,14,16-17H,4-7,10-12H2,1-3H3. The van der Waals surface area contributed by atoms with Crippen molar-refractivity contribution in [3.63, 3.8) is 0 Å². The minimum absolute atomic E-state index is 0.431. The third kappa shape index (κ3) is 3.83. The van der Waals surface area contributed by atoms with Crippen molar-refractivity contribution < 1.29 is 4.42 Å². The fraction of sp³-hybridized carbons (Fsp3) is 0.750. The molecule has 1 aromatic rings. The molecule has 3 heteroatoms. The van der Waals surface area contributed by atoms with Crippen molar-refractivity contribution in [2.24, 2.45) is 5.92 Å². The number of aryl methyl sites for hydroxylation is 1. The van der Waals surface area contributed by atoms with E-state index in [9.17, 15) is 0 Å². The number of nitrogens with one attached hydrogen (secondary N) is 1. The molecule has 2 rings (SSSR count). The zero-order valence-electron chi connectivity index (χ0n) is 12.6. The van der Waals surface area contributed by atoms with Gasteiger partial charge in [-0.15, -0.1) is 0 Å². The molecule has 0 radical (unpaired) electrons. The van der Waals surface area contributed by atoms with E-state index in [1.807, 2.05) is 6.92 Å². The summed E-state index contributed by atoms with van der Waals surface area (Å²) in [5.41, 5.74) is 0. The Kier molecular flexibility index (Phi) is 5.46. The predicted molar refractivity (Wildman–Crippen MR) is 79.3 cm³/mol. The maximum absolute atomic E-state index is 5.92. The molecule has 1 aliphatic rings. The average molecular weight is 264 g/mol. The normalized spacial score (nSPS) is 25.4. The molecule has 0 saturated carbocycles. The quantitative estimate of drug-likeness (QED) is 0.827. The highest BCUT2D eigenvalue weighted by Crippen LogP contribution is 2.34. The average Bonchev–Trinajstić information content (AvgIpc) is 2.72. The molecule has 2 heterocycles. The summed E-state index contributed by atoms with van der Waals surface area (Å²) in [4.78, 5) is 2.48. The highest BCUT2D eigenvalue weighted by molar-refractivity contribution is 5.11. The third-order valence-electron chi connectivity index (χ3n) is 4.14. The molecule has 0 spiro atoms. The smallest absolute Gasteiger partial charge is 0.121 e. The first kappa shape index (κ1) is 14.6. The van der Waals surface area contributed by atoms with E-state index in [1.54, 1.807) is 0 Å². The monoisotopic (exact) mass is 264 g/mol. The summed E-state index contributed by atoms with van der Waals surface area (Å²) in [5, 5.41) is 3.59. The summed E-state index contributed by atoms with van der Waals surface area (Å²) in [6.07, 6.45) is 5.13. The van der Waals surface area contributed by atoms with Crippen LogP contribution in [0.25, 0.3) is 0 Å². The SMILES string of the molecule is CCCNCC1CCCCN(C)C1c1ccc(C)o1. The lowest BCUT2D eigenvalue weighted by molar-refractivity contribution is 0.162.